The number of nitrogens with one attached hydrogen (secondary N) is 1. The van der Waals surface area contributed by atoms with E-state index in [1.807, 2.05) is 30.3 Å². The second kappa shape index (κ2) is 7.82. The van der Waals surface area contributed by atoms with Crippen LogP contribution in [0, 0.1) is 11.8 Å². The van der Waals surface area contributed by atoms with Gasteiger partial charge < -0.3 is 14.8 Å². The van der Waals surface area contributed by atoms with E-state index in [9.17, 15) is 9.59 Å². The number of alkyl carbamates (subject to hydrolysis) is 1. The predicted octanol–water partition coefficient (Wildman–Crippen LogP) is 2.89. The molecule has 1 aromatic rings. The summed E-state index contributed by atoms with van der Waals surface area (Å²) in [5, 5.41) is 2.81. The molecule has 1 aliphatic rings. The van der Waals surface area contributed by atoms with Gasteiger partial charge in [-0.3, -0.25) is 4.79 Å². The van der Waals surface area contributed by atoms with Crippen LogP contribution in [-0.2, 0) is 20.9 Å². The maximum Gasteiger partial charge on any atom is 0.407 e. The van der Waals surface area contributed by atoms with Crippen LogP contribution in [-0.4, -0.2) is 25.2 Å². The van der Waals surface area contributed by atoms with E-state index in [2.05, 4.69) is 12.2 Å². The number of carbonyl (C=O) groups excluding carboxylic acids is 2. The first kappa shape index (κ1) is 16.3. The van der Waals surface area contributed by atoms with Crippen molar-refractivity contribution < 1.29 is 19.1 Å². The number of rotatable bonds is 4. The van der Waals surface area contributed by atoms with Gasteiger partial charge in [-0.25, -0.2) is 4.79 Å². The van der Waals surface area contributed by atoms with Crippen LogP contribution in [0.15, 0.2) is 30.3 Å². The van der Waals surface area contributed by atoms with E-state index < -0.39 is 6.09 Å². The predicted molar refractivity (Wildman–Crippen MR) is 82.1 cm³/mol. The lowest BCUT2D eigenvalue weighted by Gasteiger charge is -2.33. The molecule has 0 spiro atoms. The number of hydrogen-bond donors (Lipinski definition) is 1. The molecule has 0 saturated heterocycles. The van der Waals surface area contributed by atoms with Gasteiger partial charge in [0, 0.05) is 6.04 Å². The van der Waals surface area contributed by atoms with E-state index >= 15 is 0 Å². The van der Waals surface area contributed by atoms with E-state index in [4.69, 9.17) is 9.47 Å². The number of ether oxygens (including phenoxy) is 2. The number of esters is 1. The van der Waals surface area contributed by atoms with Crippen molar-refractivity contribution in [1.82, 2.24) is 5.32 Å². The van der Waals surface area contributed by atoms with Crippen molar-refractivity contribution in [2.24, 2.45) is 11.8 Å². The third kappa shape index (κ3) is 4.48. The van der Waals surface area contributed by atoms with Gasteiger partial charge in [0.05, 0.1) is 13.0 Å². The molecule has 0 heterocycles. The van der Waals surface area contributed by atoms with Crippen LogP contribution in [0.2, 0.25) is 0 Å². The standard InChI is InChI=1S/C17H23NO4/c1-12-8-9-15(14(10-12)16(19)21-2)18-17(20)22-11-13-6-4-3-5-7-13/h3-7,12,14-15H,8-11H2,1-2H3,(H,18,20)/t12-,14+,15-/m1/s1. The molecule has 1 saturated carbocycles. The third-order valence-corrected chi connectivity index (χ3v) is 4.13. The number of carbonyl (C=O) groups is 2. The largest absolute Gasteiger partial charge is 0.469 e. The van der Waals surface area contributed by atoms with E-state index in [0.29, 0.717) is 5.92 Å². The Labute approximate surface area is 131 Å². The zero-order valence-electron chi connectivity index (χ0n) is 13.1. The second-order valence-corrected chi connectivity index (χ2v) is 5.86. The Morgan fingerprint density at radius 1 is 1.23 bits per heavy atom. The van der Waals surface area contributed by atoms with E-state index in [0.717, 1.165) is 24.8 Å². The fraction of sp³-hybridized carbons (Fsp3) is 0.529. The van der Waals surface area contributed by atoms with E-state index in [1.165, 1.54) is 7.11 Å². The fourth-order valence-electron chi connectivity index (χ4n) is 2.88. The Bertz CT molecular complexity index is 503. The van der Waals surface area contributed by atoms with Crippen LogP contribution in [0.4, 0.5) is 4.79 Å². The summed E-state index contributed by atoms with van der Waals surface area (Å²) < 4.78 is 10.1. The van der Waals surface area contributed by atoms with E-state index in [-0.39, 0.29) is 24.5 Å². The third-order valence-electron chi connectivity index (χ3n) is 4.13. The number of methoxy groups -OCH3 is 1. The van der Waals surface area contributed by atoms with Crippen molar-refractivity contribution >= 4 is 12.1 Å². The Morgan fingerprint density at radius 2 is 1.95 bits per heavy atom. The molecular weight excluding hydrogens is 282 g/mol. The summed E-state index contributed by atoms with van der Waals surface area (Å²) >= 11 is 0. The fourth-order valence-corrected chi connectivity index (χ4v) is 2.88. The summed E-state index contributed by atoms with van der Waals surface area (Å²) in [6.45, 7) is 2.33. The molecule has 1 aromatic carbocycles. The Morgan fingerprint density at radius 3 is 2.64 bits per heavy atom. The summed E-state index contributed by atoms with van der Waals surface area (Å²) in [6, 6.07) is 9.28. The minimum atomic E-state index is -0.489. The van der Waals surface area contributed by atoms with Gasteiger partial charge in [0.2, 0.25) is 0 Å². The van der Waals surface area contributed by atoms with Crippen molar-refractivity contribution in [2.45, 2.75) is 38.8 Å². The van der Waals surface area contributed by atoms with Gasteiger partial charge in [0.25, 0.3) is 0 Å². The Balaban J connectivity index is 1.87. The Hall–Kier alpha value is -2.04. The van der Waals surface area contributed by atoms with Gasteiger partial charge in [-0.05, 0) is 30.7 Å². The smallest absolute Gasteiger partial charge is 0.407 e. The first-order chi connectivity index (χ1) is 10.6. The van der Waals surface area contributed by atoms with Gasteiger partial charge in [0.15, 0.2) is 0 Å². The molecule has 1 aliphatic carbocycles. The molecule has 3 atom stereocenters. The van der Waals surface area contributed by atoms with Crippen LogP contribution < -0.4 is 5.32 Å². The molecule has 1 amide bonds. The first-order valence-corrected chi connectivity index (χ1v) is 7.65. The van der Waals surface area contributed by atoms with Crippen molar-refractivity contribution in [3.63, 3.8) is 0 Å². The van der Waals surface area contributed by atoms with Gasteiger partial charge in [-0.2, -0.15) is 0 Å². The number of amides is 1. The molecular formula is C17H23NO4. The minimum Gasteiger partial charge on any atom is -0.469 e. The molecule has 22 heavy (non-hydrogen) atoms. The van der Waals surface area contributed by atoms with Crippen molar-refractivity contribution in [2.75, 3.05) is 7.11 Å². The topological polar surface area (TPSA) is 64.6 Å². The molecule has 5 heteroatoms. The normalized spacial score (nSPS) is 24.4. The van der Waals surface area contributed by atoms with Crippen LogP contribution in [0.5, 0.6) is 0 Å². The van der Waals surface area contributed by atoms with Crippen molar-refractivity contribution in [3.8, 4) is 0 Å². The molecule has 5 nitrogen and oxygen atoms in total. The van der Waals surface area contributed by atoms with Crippen LogP contribution in [0.1, 0.15) is 31.7 Å². The quantitative estimate of drug-likeness (QED) is 0.869. The lowest BCUT2D eigenvalue weighted by molar-refractivity contribution is -0.148. The number of hydrogen-bond acceptors (Lipinski definition) is 4. The Kier molecular flexibility index (Phi) is 5.81. The van der Waals surface area contributed by atoms with Crippen LogP contribution in [0.3, 0.4) is 0 Å². The lowest BCUT2D eigenvalue weighted by atomic mass is 9.79. The molecule has 1 fully saturated rings. The second-order valence-electron chi connectivity index (χ2n) is 5.86. The van der Waals surface area contributed by atoms with Crippen molar-refractivity contribution in [3.05, 3.63) is 35.9 Å². The van der Waals surface area contributed by atoms with Gasteiger partial charge in [0.1, 0.15) is 6.61 Å². The van der Waals surface area contributed by atoms with Crippen molar-refractivity contribution in [1.29, 1.82) is 0 Å². The minimum absolute atomic E-state index is 0.216. The maximum atomic E-state index is 11.9. The zero-order chi connectivity index (χ0) is 15.9. The van der Waals surface area contributed by atoms with Gasteiger partial charge in [-0.15, -0.1) is 0 Å². The molecule has 0 aromatic heterocycles. The maximum absolute atomic E-state index is 11.9. The van der Waals surface area contributed by atoms with Crippen LogP contribution in [0.25, 0.3) is 0 Å². The molecule has 120 valence electrons. The summed E-state index contributed by atoms with van der Waals surface area (Å²) in [5.74, 6) is -0.0968. The summed E-state index contributed by atoms with van der Waals surface area (Å²) in [7, 11) is 1.38. The molecule has 0 bridgehead atoms. The summed E-state index contributed by atoms with van der Waals surface area (Å²) in [4.78, 5) is 23.8. The van der Waals surface area contributed by atoms with Gasteiger partial charge >= 0.3 is 12.1 Å². The highest BCUT2D eigenvalue weighted by Gasteiger charge is 2.35. The first-order valence-electron chi connectivity index (χ1n) is 7.65. The van der Waals surface area contributed by atoms with Gasteiger partial charge in [-0.1, -0.05) is 37.3 Å². The molecule has 0 unspecified atom stereocenters. The van der Waals surface area contributed by atoms with E-state index in [1.54, 1.807) is 0 Å². The molecule has 1 N–H and O–H groups in total. The summed E-state index contributed by atoms with van der Waals surface area (Å²) in [6.07, 6.45) is 1.99. The monoisotopic (exact) mass is 305 g/mol. The highest BCUT2D eigenvalue weighted by atomic mass is 16.5. The zero-order valence-corrected chi connectivity index (χ0v) is 13.1. The highest BCUT2D eigenvalue weighted by molar-refractivity contribution is 5.75. The molecule has 2 rings (SSSR count). The van der Waals surface area contributed by atoms with Crippen LogP contribution >= 0.6 is 0 Å². The highest BCUT2D eigenvalue weighted by Crippen LogP contribution is 2.30. The average Bonchev–Trinajstić information content (AvgIpc) is 2.55. The number of benzene rings is 1. The summed E-state index contributed by atoms with van der Waals surface area (Å²) in [5.41, 5.74) is 0.930. The molecule has 0 radical (unpaired) electrons. The molecule has 0 aliphatic heterocycles. The SMILES string of the molecule is COC(=O)[C@H]1C[C@H](C)CC[C@H]1NC(=O)OCc1ccccc1. The average molecular weight is 305 g/mol. The lowest BCUT2D eigenvalue weighted by Crippen LogP contribution is -2.46.